The van der Waals surface area contributed by atoms with Crippen LogP contribution in [-0.4, -0.2) is 63.0 Å². The molecule has 1 amide bonds. The zero-order chi connectivity index (χ0) is 15.0. The molecular weight excluding hydrogens is 290 g/mol. The Morgan fingerprint density at radius 3 is 2.48 bits per heavy atom. The Labute approximate surface area is 126 Å². The first kappa shape index (κ1) is 15.2. The van der Waals surface area contributed by atoms with Crippen LogP contribution in [0.4, 0.5) is 0 Å². The molecule has 2 aliphatic carbocycles. The Hall–Kier alpha value is -0.660. The smallest absolute Gasteiger partial charge is 0.225 e. The molecule has 6 nitrogen and oxygen atoms in total. The molecule has 3 aliphatic rings. The van der Waals surface area contributed by atoms with Gasteiger partial charge in [0.2, 0.25) is 5.91 Å². The van der Waals surface area contributed by atoms with Crippen LogP contribution in [0.2, 0.25) is 0 Å². The highest BCUT2D eigenvalue weighted by atomic mass is 32.2. The molecule has 3 fully saturated rings. The fourth-order valence-corrected chi connectivity index (χ4v) is 5.43. The van der Waals surface area contributed by atoms with Gasteiger partial charge < -0.3 is 11.1 Å². The molecule has 1 saturated heterocycles. The zero-order valence-electron chi connectivity index (χ0n) is 12.3. The van der Waals surface area contributed by atoms with E-state index < -0.39 is 9.84 Å². The Bertz CT molecular complexity index is 492. The average molecular weight is 315 g/mol. The highest BCUT2D eigenvalue weighted by Crippen LogP contribution is 2.47. The second-order valence-electron chi connectivity index (χ2n) is 6.72. The molecule has 21 heavy (non-hydrogen) atoms. The van der Waals surface area contributed by atoms with Crippen molar-refractivity contribution in [3.63, 3.8) is 0 Å². The van der Waals surface area contributed by atoms with Crippen LogP contribution in [-0.2, 0) is 14.6 Å². The van der Waals surface area contributed by atoms with Crippen molar-refractivity contribution in [2.45, 2.75) is 25.3 Å². The summed E-state index contributed by atoms with van der Waals surface area (Å²) in [6.07, 6.45) is 3.43. The second kappa shape index (κ2) is 5.85. The van der Waals surface area contributed by atoms with E-state index in [-0.39, 0.29) is 29.4 Å². The van der Waals surface area contributed by atoms with Crippen LogP contribution in [0.3, 0.4) is 0 Å². The Morgan fingerprint density at radius 2 is 1.86 bits per heavy atom. The van der Waals surface area contributed by atoms with Crippen molar-refractivity contribution in [2.24, 2.45) is 23.5 Å². The summed E-state index contributed by atoms with van der Waals surface area (Å²) in [6, 6.07) is 0.0314. The van der Waals surface area contributed by atoms with Crippen LogP contribution in [0.1, 0.15) is 19.3 Å². The molecule has 0 aromatic carbocycles. The van der Waals surface area contributed by atoms with Gasteiger partial charge in [0, 0.05) is 32.2 Å². The minimum Gasteiger partial charge on any atom is -0.355 e. The van der Waals surface area contributed by atoms with E-state index in [1.165, 1.54) is 6.42 Å². The van der Waals surface area contributed by atoms with Crippen LogP contribution in [0.5, 0.6) is 0 Å². The van der Waals surface area contributed by atoms with Gasteiger partial charge in [-0.25, -0.2) is 8.42 Å². The maximum Gasteiger partial charge on any atom is 0.225 e. The quantitative estimate of drug-likeness (QED) is 0.709. The molecule has 0 spiro atoms. The fourth-order valence-electron chi connectivity index (χ4n) is 4.15. The largest absolute Gasteiger partial charge is 0.355 e. The van der Waals surface area contributed by atoms with Crippen molar-refractivity contribution < 1.29 is 13.2 Å². The van der Waals surface area contributed by atoms with Crippen molar-refractivity contribution in [1.82, 2.24) is 10.2 Å². The van der Waals surface area contributed by atoms with Gasteiger partial charge >= 0.3 is 0 Å². The Balaban J connectivity index is 1.41. The number of carbonyl (C=O) groups excluding carboxylic acids is 1. The lowest BCUT2D eigenvalue weighted by Gasteiger charge is -2.29. The van der Waals surface area contributed by atoms with Crippen molar-refractivity contribution in [3.8, 4) is 0 Å². The zero-order valence-corrected chi connectivity index (χ0v) is 13.1. The van der Waals surface area contributed by atoms with Crippen molar-refractivity contribution >= 4 is 15.7 Å². The monoisotopic (exact) mass is 315 g/mol. The molecule has 3 rings (SSSR count). The van der Waals surface area contributed by atoms with Gasteiger partial charge in [0.15, 0.2) is 9.84 Å². The molecule has 1 aliphatic heterocycles. The number of fused-ring (bicyclic) bond motifs is 2. The maximum atomic E-state index is 12.3. The molecule has 0 aromatic rings. The van der Waals surface area contributed by atoms with Gasteiger partial charge in [-0.3, -0.25) is 9.69 Å². The number of nitrogens with two attached hydrogens (primary N) is 1. The molecule has 4 atom stereocenters. The lowest BCUT2D eigenvalue weighted by molar-refractivity contribution is -0.127. The minimum absolute atomic E-state index is 0.00881. The van der Waals surface area contributed by atoms with Gasteiger partial charge in [-0.15, -0.1) is 0 Å². The number of amides is 1. The Morgan fingerprint density at radius 1 is 1.19 bits per heavy atom. The molecular formula is C14H25N3O3S. The number of carbonyl (C=O) groups is 1. The van der Waals surface area contributed by atoms with Crippen molar-refractivity contribution in [3.05, 3.63) is 0 Å². The predicted octanol–water partition coefficient (Wildman–Crippen LogP) is -0.794. The first-order valence-corrected chi connectivity index (χ1v) is 9.74. The van der Waals surface area contributed by atoms with E-state index in [1.807, 2.05) is 0 Å². The molecule has 1 heterocycles. The third-order valence-corrected chi connectivity index (χ3v) is 7.06. The topological polar surface area (TPSA) is 92.5 Å². The fraction of sp³-hybridized carbons (Fsp3) is 0.929. The van der Waals surface area contributed by atoms with E-state index >= 15 is 0 Å². The first-order chi connectivity index (χ1) is 9.96. The number of hydrogen-bond acceptors (Lipinski definition) is 5. The van der Waals surface area contributed by atoms with Crippen LogP contribution in [0.25, 0.3) is 0 Å². The summed E-state index contributed by atoms with van der Waals surface area (Å²) in [5.74, 6) is 1.57. The standard InChI is InChI=1S/C14H25N3O3S/c15-13-11-2-1-10(9-11)12(13)14(18)16-3-4-17-5-7-21(19,20)8-6-17/h10-13H,1-9,15H2,(H,16,18). The average Bonchev–Trinajstić information content (AvgIpc) is 3.01. The van der Waals surface area contributed by atoms with Crippen LogP contribution < -0.4 is 11.1 Å². The summed E-state index contributed by atoms with van der Waals surface area (Å²) in [5.41, 5.74) is 6.17. The number of nitrogens with zero attached hydrogens (tertiary/aromatic N) is 1. The summed E-state index contributed by atoms with van der Waals surface area (Å²) < 4.78 is 22.7. The van der Waals surface area contributed by atoms with Gasteiger partial charge in [-0.2, -0.15) is 0 Å². The van der Waals surface area contributed by atoms with E-state index in [0.29, 0.717) is 31.5 Å². The van der Waals surface area contributed by atoms with E-state index in [2.05, 4.69) is 10.2 Å². The molecule has 3 N–H and O–H groups in total. The molecule has 2 saturated carbocycles. The van der Waals surface area contributed by atoms with E-state index in [1.54, 1.807) is 0 Å². The summed E-state index contributed by atoms with van der Waals surface area (Å²) in [4.78, 5) is 14.4. The van der Waals surface area contributed by atoms with Crippen LogP contribution >= 0.6 is 0 Å². The number of hydrogen-bond donors (Lipinski definition) is 2. The van der Waals surface area contributed by atoms with Gasteiger partial charge in [0.25, 0.3) is 0 Å². The summed E-state index contributed by atoms with van der Waals surface area (Å²) in [6.45, 7) is 2.45. The molecule has 7 heteroatoms. The lowest BCUT2D eigenvalue weighted by atomic mass is 9.84. The summed E-state index contributed by atoms with van der Waals surface area (Å²) >= 11 is 0. The summed E-state index contributed by atoms with van der Waals surface area (Å²) in [5, 5.41) is 3.00. The number of nitrogens with one attached hydrogen (secondary N) is 1. The van der Waals surface area contributed by atoms with E-state index in [9.17, 15) is 13.2 Å². The van der Waals surface area contributed by atoms with E-state index in [0.717, 1.165) is 19.4 Å². The van der Waals surface area contributed by atoms with Crippen molar-refractivity contribution in [2.75, 3.05) is 37.7 Å². The highest BCUT2D eigenvalue weighted by molar-refractivity contribution is 7.91. The normalized spacial score (nSPS) is 38.5. The van der Waals surface area contributed by atoms with Crippen molar-refractivity contribution in [1.29, 1.82) is 0 Å². The van der Waals surface area contributed by atoms with Gasteiger partial charge in [-0.1, -0.05) is 0 Å². The molecule has 4 unspecified atom stereocenters. The molecule has 0 aromatic heterocycles. The van der Waals surface area contributed by atoms with Gasteiger partial charge in [0.1, 0.15) is 0 Å². The molecule has 0 radical (unpaired) electrons. The highest BCUT2D eigenvalue weighted by Gasteiger charge is 2.48. The minimum atomic E-state index is -2.83. The van der Waals surface area contributed by atoms with Crippen LogP contribution in [0.15, 0.2) is 0 Å². The SMILES string of the molecule is NC1C2CCC(C2)C1C(=O)NCCN1CCS(=O)(=O)CC1. The first-order valence-electron chi connectivity index (χ1n) is 7.92. The predicted molar refractivity (Wildman–Crippen MR) is 80.4 cm³/mol. The third-order valence-electron chi connectivity index (χ3n) is 5.45. The molecule has 120 valence electrons. The van der Waals surface area contributed by atoms with Gasteiger partial charge in [0.05, 0.1) is 17.4 Å². The number of rotatable bonds is 4. The number of sulfone groups is 1. The third kappa shape index (κ3) is 3.24. The second-order valence-corrected chi connectivity index (χ2v) is 9.02. The molecule has 2 bridgehead atoms. The van der Waals surface area contributed by atoms with E-state index in [4.69, 9.17) is 5.73 Å². The maximum absolute atomic E-state index is 12.3. The van der Waals surface area contributed by atoms with Gasteiger partial charge in [-0.05, 0) is 31.1 Å². The lowest BCUT2D eigenvalue weighted by Crippen LogP contribution is -2.48. The van der Waals surface area contributed by atoms with Crippen LogP contribution in [0, 0.1) is 17.8 Å². The summed E-state index contributed by atoms with van der Waals surface area (Å²) in [7, 11) is -2.83. The Kier molecular flexibility index (Phi) is 4.25.